The molecule has 0 aromatic heterocycles. The third kappa shape index (κ3) is 14.6. The standard InChI is InChI=1S/C25H38BFN4O8S2/c1-40-41-23(16-37-18-5-2-4-17(12-18)24(34)31-9-7-28)36-11-10-35-15-22(33)30-8-3-6-26-21-13-19(39-25(27)29)20(14-32)38-21/h2,4-5,12,19-21,23,25-26,32H,7-11,13-16,28-29H2,1H3,(H,30,33)(H,31,34)/t19-,20?,21-,23?,25+/m1/s1. The van der Waals surface area contributed by atoms with Crippen molar-refractivity contribution in [1.82, 2.24) is 10.6 Å². The van der Waals surface area contributed by atoms with E-state index >= 15 is 0 Å². The van der Waals surface area contributed by atoms with Crippen molar-refractivity contribution in [3.05, 3.63) is 29.8 Å². The molecular formula is C25H38BFN4O8S2. The van der Waals surface area contributed by atoms with E-state index in [9.17, 15) is 19.1 Å². The number of nitrogens with two attached hydrogens (primary N) is 2. The number of alkyl halides is 1. The van der Waals surface area contributed by atoms with Crippen molar-refractivity contribution in [2.24, 2.45) is 11.5 Å². The van der Waals surface area contributed by atoms with Gasteiger partial charge in [-0.1, -0.05) is 33.6 Å². The van der Waals surface area contributed by atoms with E-state index in [1.807, 2.05) is 6.26 Å². The molecular weight excluding hydrogens is 578 g/mol. The molecule has 2 unspecified atom stereocenters. The van der Waals surface area contributed by atoms with Crippen LogP contribution in [-0.2, 0) is 23.7 Å². The molecule has 0 bridgehead atoms. The fourth-order valence-corrected chi connectivity index (χ4v) is 5.11. The second-order valence-corrected chi connectivity index (χ2v) is 11.2. The first-order valence-electron chi connectivity index (χ1n) is 13.0. The van der Waals surface area contributed by atoms with Crippen molar-refractivity contribution in [3.8, 4) is 17.5 Å². The fourth-order valence-electron chi connectivity index (χ4n) is 3.64. The van der Waals surface area contributed by atoms with Crippen LogP contribution in [0.25, 0.3) is 0 Å². The lowest BCUT2D eigenvalue weighted by Crippen LogP contribution is -2.33. The van der Waals surface area contributed by atoms with Gasteiger partial charge < -0.3 is 45.2 Å². The Bertz CT molecular complexity index is 990. The number of rotatable bonds is 19. The van der Waals surface area contributed by atoms with Crippen molar-refractivity contribution >= 4 is 40.7 Å². The molecule has 16 heteroatoms. The van der Waals surface area contributed by atoms with Gasteiger partial charge >= 0.3 is 0 Å². The molecule has 1 saturated heterocycles. The molecule has 2 rings (SSSR count). The zero-order chi connectivity index (χ0) is 29.9. The maximum Gasteiger partial charge on any atom is 0.253 e. The summed E-state index contributed by atoms with van der Waals surface area (Å²) in [6.45, 7) is -0.795. The summed E-state index contributed by atoms with van der Waals surface area (Å²) in [4.78, 5) is 24.1. The summed E-state index contributed by atoms with van der Waals surface area (Å²) >= 11 is 0. The molecule has 12 nitrogen and oxygen atoms in total. The first-order chi connectivity index (χ1) is 19.9. The highest BCUT2D eigenvalue weighted by atomic mass is 33.1. The number of aliphatic hydroxyl groups excluding tert-OH is 1. The number of hydrogen-bond donors (Lipinski definition) is 5. The quantitative estimate of drug-likeness (QED) is 0.0332. The van der Waals surface area contributed by atoms with Gasteiger partial charge in [0, 0.05) is 24.7 Å². The van der Waals surface area contributed by atoms with Crippen LogP contribution in [0.15, 0.2) is 24.3 Å². The van der Waals surface area contributed by atoms with Gasteiger partial charge in [0.25, 0.3) is 12.4 Å². The van der Waals surface area contributed by atoms with E-state index in [4.69, 9.17) is 35.2 Å². The Labute approximate surface area is 248 Å². The average molecular weight is 617 g/mol. The molecule has 2 amide bonds. The lowest BCUT2D eigenvalue weighted by molar-refractivity contribution is -0.126. The van der Waals surface area contributed by atoms with Crippen molar-refractivity contribution in [2.45, 2.75) is 36.5 Å². The number of carbonyl (C=O) groups excluding carboxylic acids is 2. The molecule has 1 aliphatic heterocycles. The van der Waals surface area contributed by atoms with Crippen LogP contribution < -0.4 is 26.8 Å². The smallest absolute Gasteiger partial charge is 0.253 e. The van der Waals surface area contributed by atoms with E-state index < -0.39 is 18.7 Å². The van der Waals surface area contributed by atoms with E-state index in [0.717, 1.165) is 0 Å². The Balaban J connectivity index is 1.59. The van der Waals surface area contributed by atoms with Crippen molar-refractivity contribution < 1.29 is 42.8 Å². The maximum absolute atomic E-state index is 12.9. The second kappa shape index (κ2) is 20.8. The predicted octanol–water partition coefficient (Wildman–Crippen LogP) is -0.658. The lowest BCUT2D eigenvalue weighted by Gasteiger charge is -2.17. The summed E-state index contributed by atoms with van der Waals surface area (Å²) in [5, 5.41) is 14.7. The molecule has 228 valence electrons. The van der Waals surface area contributed by atoms with Crippen molar-refractivity contribution in [2.75, 3.05) is 58.9 Å². The number of nitrogens with one attached hydrogen (secondary N) is 2. The summed E-state index contributed by atoms with van der Waals surface area (Å²) in [5.74, 6) is 5.71. The number of carbonyl (C=O) groups is 2. The number of halogens is 1. The SMILES string of the molecule is CSSC(COc1cccc(C(=O)NCCN)c1)OCCOCC(=O)NCC#CB[C@H]1C[C@@H](O[C@H](N)F)C(CO)O1. The Hall–Kier alpha value is -2.07. The van der Waals surface area contributed by atoms with Crippen LogP contribution in [-0.4, -0.2) is 113 Å². The van der Waals surface area contributed by atoms with Gasteiger partial charge in [-0.2, -0.15) is 10.2 Å². The van der Waals surface area contributed by atoms with Crippen LogP contribution in [0, 0.1) is 11.7 Å². The Morgan fingerprint density at radius 2 is 2.17 bits per heavy atom. The largest absolute Gasteiger partial charge is 0.490 e. The fraction of sp³-hybridized carbons (Fsp3) is 0.600. The predicted molar refractivity (Wildman–Crippen MR) is 157 cm³/mol. The Morgan fingerprint density at radius 1 is 1.34 bits per heavy atom. The molecule has 5 atom stereocenters. The minimum Gasteiger partial charge on any atom is -0.490 e. The second-order valence-electron chi connectivity index (χ2n) is 8.57. The van der Waals surface area contributed by atoms with Gasteiger partial charge in [0.2, 0.25) is 13.2 Å². The number of amides is 2. The molecule has 1 aromatic rings. The van der Waals surface area contributed by atoms with Crippen LogP contribution in [0.3, 0.4) is 0 Å². The Morgan fingerprint density at radius 3 is 2.90 bits per heavy atom. The van der Waals surface area contributed by atoms with E-state index in [1.54, 1.807) is 24.3 Å². The van der Waals surface area contributed by atoms with E-state index in [1.165, 1.54) is 21.6 Å². The third-order valence-electron chi connectivity index (χ3n) is 5.47. The Kier molecular flexibility index (Phi) is 17.8. The van der Waals surface area contributed by atoms with Gasteiger partial charge in [-0.15, -0.1) is 0 Å². The first-order valence-corrected chi connectivity index (χ1v) is 15.6. The molecule has 1 aliphatic rings. The number of benzene rings is 1. The topological polar surface area (TPSA) is 177 Å². The number of aliphatic hydroxyl groups is 1. The molecule has 0 saturated carbocycles. The van der Waals surface area contributed by atoms with E-state index in [2.05, 4.69) is 22.4 Å². The van der Waals surface area contributed by atoms with Gasteiger partial charge in [0.05, 0.1) is 32.5 Å². The summed E-state index contributed by atoms with van der Waals surface area (Å²) in [6.07, 6.45) is 1.01. The zero-order valence-electron chi connectivity index (χ0n) is 22.9. The highest BCUT2D eigenvalue weighted by Gasteiger charge is 2.36. The van der Waals surface area contributed by atoms with Gasteiger partial charge in [0.1, 0.15) is 30.5 Å². The zero-order valence-corrected chi connectivity index (χ0v) is 24.6. The van der Waals surface area contributed by atoms with Crippen LogP contribution in [0.5, 0.6) is 5.75 Å². The molecule has 1 fully saturated rings. The van der Waals surface area contributed by atoms with E-state index in [-0.39, 0.29) is 62.8 Å². The molecule has 0 aliphatic carbocycles. The van der Waals surface area contributed by atoms with Gasteiger partial charge in [-0.25, -0.2) is 0 Å². The average Bonchev–Trinajstić information content (AvgIpc) is 3.34. The van der Waals surface area contributed by atoms with Gasteiger partial charge in [-0.05, 0) is 30.9 Å². The first kappa shape index (κ1) is 35.1. The molecule has 0 radical (unpaired) electrons. The molecule has 1 aromatic carbocycles. The molecule has 0 spiro atoms. The molecule has 41 heavy (non-hydrogen) atoms. The minimum absolute atomic E-state index is 0.129. The normalized spacial score (nSPS) is 19.5. The lowest BCUT2D eigenvalue weighted by atomic mass is 9.71. The number of hydrogen-bond acceptors (Lipinski definition) is 12. The number of ether oxygens (including phenoxy) is 5. The van der Waals surface area contributed by atoms with E-state index in [0.29, 0.717) is 38.1 Å². The monoisotopic (exact) mass is 616 g/mol. The highest BCUT2D eigenvalue weighted by molar-refractivity contribution is 8.76. The summed E-state index contributed by atoms with van der Waals surface area (Å²) in [5.41, 5.74) is 10.6. The molecule has 1 heterocycles. The van der Waals surface area contributed by atoms with Crippen LogP contribution in [0.1, 0.15) is 16.8 Å². The summed E-state index contributed by atoms with van der Waals surface area (Å²) < 4.78 is 40.4. The van der Waals surface area contributed by atoms with Gasteiger partial charge in [0.15, 0.2) is 0 Å². The maximum atomic E-state index is 12.9. The highest BCUT2D eigenvalue weighted by Crippen LogP contribution is 2.26. The van der Waals surface area contributed by atoms with Gasteiger partial charge in [-0.3, -0.25) is 15.3 Å². The van der Waals surface area contributed by atoms with Crippen molar-refractivity contribution in [3.63, 3.8) is 0 Å². The van der Waals surface area contributed by atoms with Crippen LogP contribution >= 0.6 is 21.6 Å². The third-order valence-corrected chi connectivity index (χ3v) is 7.37. The van der Waals surface area contributed by atoms with Crippen LogP contribution in [0.4, 0.5) is 4.39 Å². The summed E-state index contributed by atoms with van der Waals surface area (Å²) in [7, 11) is 3.36. The summed E-state index contributed by atoms with van der Waals surface area (Å²) in [6, 6.07) is 6.53. The van der Waals surface area contributed by atoms with Crippen LogP contribution in [0.2, 0.25) is 0 Å². The van der Waals surface area contributed by atoms with Crippen molar-refractivity contribution in [1.29, 1.82) is 0 Å². The molecule has 7 N–H and O–H groups in total. The minimum atomic E-state index is -1.94.